The van der Waals surface area contributed by atoms with Crippen LogP contribution in [0.15, 0.2) is 42.5 Å². The van der Waals surface area contributed by atoms with Crippen molar-refractivity contribution < 1.29 is 14.3 Å². The SMILES string of the molecule is CCCCCCCC(=O)Nc1ccc(N2CCN(c3ccccc3OC)CC2)c(C(=O)NCC(C)C)c1. The van der Waals surface area contributed by atoms with Gasteiger partial charge in [0.1, 0.15) is 5.75 Å². The first-order valence-corrected chi connectivity index (χ1v) is 13.8. The van der Waals surface area contributed by atoms with Crippen LogP contribution in [0.3, 0.4) is 0 Å². The zero-order valence-electron chi connectivity index (χ0n) is 23.0. The maximum Gasteiger partial charge on any atom is 0.253 e. The molecule has 0 bridgehead atoms. The average molecular weight is 509 g/mol. The number of unbranched alkanes of at least 4 members (excludes halogenated alkanes) is 4. The average Bonchev–Trinajstić information content (AvgIpc) is 2.91. The van der Waals surface area contributed by atoms with Gasteiger partial charge in [-0.15, -0.1) is 0 Å². The van der Waals surface area contributed by atoms with Gasteiger partial charge in [0.15, 0.2) is 0 Å². The molecule has 0 aromatic heterocycles. The van der Waals surface area contributed by atoms with Crippen molar-refractivity contribution in [3.8, 4) is 5.75 Å². The Hall–Kier alpha value is -3.22. The van der Waals surface area contributed by atoms with Crippen LogP contribution in [-0.4, -0.2) is 51.6 Å². The van der Waals surface area contributed by atoms with Crippen LogP contribution in [0.1, 0.15) is 69.7 Å². The highest BCUT2D eigenvalue weighted by molar-refractivity contribution is 6.02. The number of benzene rings is 2. The van der Waals surface area contributed by atoms with E-state index in [4.69, 9.17) is 4.74 Å². The number of anilines is 3. The molecule has 2 aromatic carbocycles. The molecular formula is C30H44N4O3. The molecule has 0 atom stereocenters. The molecule has 0 unspecified atom stereocenters. The molecule has 202 valence electrons. The minimum Gasteiger partial charge on any atom is -0.495 e. The van der Waals surface area contributed by atoms with E-state index < -0.39 is 0 Å². The fraction of sp³-hybridized carbons (Fsp3) is 0.533. The van der Waals surface area contributed by atoms with E-state index in [9.17, 15) is 9.59 Å². The molecule has 0 radical (unpaired) electrons. The van der Waals surface area contributed by atoms with E-state index in [2.05, 4.69) is 47.3 Å². The van der Waals surface area contributed by atoms with Gasteiger partial charge < -0.3 is 25.2 Å². The summed E-state index contributed by atoms with van der Waals surface area (Å²) in [5.41, 5.74) is 3.27. The number of methoxy groups -OCH3 is 1. The van der Waals surface area contributed by atoms with Gasteiger partial charge in [0.05, 0.1) is 18.4 Å². The Labute approximate surface area is 222 Å². The molecule has 2 amide bonds. The standard InChI is InChI=1S/C30H44N4O3/c1-5-6-7-8-9-14-29(35)32-24-15-16-26(25(21-24)30(36)31-22-23(2)3)33-17-19-34(20-18-33)27-12-10-11-13-28(27)37-4/h10-13,15-16,21,23H,5-9,14,17-20,22H2,1-4H3,(H,31,36)(H,32,35). The summed E-state index contributed by atoms with van der Waals surface area (Å²) in [5.74, 6) is 1.12. The summed E-state index contributed by atoms with van der Waals surface area (Å²) in [7, 11) is 1.70. The Morgan fingerprint density at radius 3 is 2.27 bits per heavy atom. The van der Waals surface area contributed by atoms with Crippen LogP contribution in [0, 0.1) is 5.92 Å². The third-order valence-corrected chi connectivity index (χ3v) is 6.75. The Morgan fingerprint density at radius 1 is 0.919 bits per heavy atom. The number of amides is 2. The topological polar surface area (TPSA) is 73.9 Å². The quantitative estimate of drug-likeness (QED) is 0.339. The Kier molecular flexibility index (Phi) is 11.1. The van der Waals surface area contributed by atoms with Gasteiger partial charge in [-0.3, -0.25) is 9.59 Å². The lowest BCUT2D eigenvalue weighted by Gasteiger charge is -2.38. The third kappa shape index (κ3) is 8.41. The largest absolute Gasteiger partial charge is 0.495 e. The van der Waals surface area contributed by atoms with E-state index in [-0.39, 0.29) is 11.8 Å². The Bertz CT molecular complexity index is 1020. The van der Waals surface area contributed by atoms with Gasteiger partial charge in [0, 0.05) is 50.5 Å². The zero-order chi connectivity index (χ0) is 26.6. The number of carbonyl (C=O) groups excluding carboxylic acids is 2. The molecule has 0 spiro atoms. The highest BCUT2D eigenvalue weighted by Gasteiger charge is 2.24. The maximum atomic E-state index is 13.2. The van der Waals surface area contributed by atoms with E-state index in [1.54, 1.807) is 7.11 Å². The first kappa shape index (κ1) is 28.4. The second-order valence-electron chi connectivity index (χ2n) is 10.2. The van der Waals surface area contributed by atoms with Crippen LogP contribution in [-0.2, 0) is 4.79 Å². The number of nitrogens with zero attached hydrogens (tertiary/aromatic N) is 2. The number of nitrogens with one attached hydrogen (secondary N) is 2. The van der Waals surface area contributed by atoms with Crippen LogP contribution in [0.25, 0.3) is 0 Å². The molecular weight excluding hydrogens is 464 g/mol. The van der Waals surface area contributed by atoms with Crippen LogP contribution in [0.2, 0.25) is 0 Å². The lowest BCUT2D eigenvalue weighted by atomic mass is 10.1. The molecule has 1 fully saturated rings. The lowest BCUT2D eigenvalue weighted by Crippen LogP contribution is -2.47. The summed E-state index contributed by atoms with van der Waals surface area (Å²) in [6.45, 7) is 10.2. The highest BCUT2D eigenvalue weighted by atomic mass is 16.5. The monoisotopic (exact) mass is 508 g/mol. The van der Waals surface area contributed by atoms with E-state index in [1.807, 2.05) is 36.4 Å². The maximum absolute atomic E-state index is 13.2. The van der Waals surface area contributed by atoms with Crippen LogP contribution in [0.4, 0.5) is 17.1 Å². The number of carbonyl (C=O) groups is 2. The number of hydrogen-bond acceptors (Lipinski definition) is 5. The summed E-state index contributed by atoms with van der Waals surface area (Å²) >= 11 is 0. The molecule has 1 aliphatic heterocycles. The summed E-state index contributed by atoms with van der Waals surface area (Å²) < 4.78 is 5.55. The number of piperazine rings is 1. The van der Waals surface area contributed by atoms with Gasteiger partial charge in [-0.2, -0.15) is 0 Å². The molecule has 7 heteroatoms. The normalized spacial score (nSPS) is 13.5. The van der Waals surface area contributed by atoms with Gasteiger partial charge in [-0.05, 0) is 42.7 Å². The van der Waals surface area contributed by atoms with Crippen LogP contribution >= 0.6 is 0 Å². The van der Waals surface area contributed by atoms with Crippen molar-refractivity contribution in [2.45, 2.75) is 59.3 Å². The first-order valence-electron chi connectivity index (χ1n) is 13.8. The summed E-state index contributed by atoms with van der Waals surface area (Å²) in [5, 5.41) is 6.06. The second-order valence-corrected chi connectivity index (χ2v) is 10.2. The minimum absolute atomic E-state index is 0.00297. The molecule has 7 nitrogen and oxygen atoms in total. The smallest absolute Gasteiger partial charge is 0.253 e. The minimum atomic E-state index is -0.105. The molecule has 0 saturated carbocycles. The third-order valence-electron chi connectivity index (χ3n) is 6.75. The van der Waals surface area contributed by atoms with Crippen molar-refractivity contribution in [2.24, 2.45) is 5.92 Å². The predicted octanol–water partition coefficient (Wildman–Crippen LogP) is 5.71. The van der Waals surface area contributed by atoms with Crippen molar-refractivity contribution in [1.82, 2.24) is 5.32 Å². The van der Waals surface area contributed by atoms with E-state index in [1.165, 1.54) is 19.3 Å². The summed E-state index contributed by atoms with van der Waals surface area (Å²) in [4.78, 5) is 30.3. The van der Waals surface area contributed by atoms with Gasteiger partial charge in [0.2, 0.25) is 5.91 Å². The van der Waals surface area contributed by atoms with Crippen LogP contribution in [0.5, 0.6) is 5.75 Å². The highest BCUT2D eigenvalue weighted by Crippen LogP contribution is 2.31. The molecule has 1 heterocycles. The van der Waals surface area contributed by atoms with Gasteiger partial charge in [-0.25, -0.2) is 0 Å². The van der Waals surface area contributed by atoms with E-state index >= 15 is 0 Å². The van der Waals surface area contributed by atoms with Crippen molar-refractivity contribution in [3.63, 3.8) is 0 Å². The van der Waals surface area contributed by atoms with Crippen LogP contribution < -0.4 is 25.2 Å². The fourth-order valence-corrected chi connectivity index (χ4v) is 4.66. The summed E-state index contributed by atoms with van der Waals surface area (Å²) in [6, 6.07) is 13.8. The number of hydrogen-bond donors (Lipinski definition) is 2. The van der Waals surface area contributed by atoms with Crippen molar-refractivity contribution in [1.29, 1.82) is 0 Å². The molecule has 37 heavy (non-hydrogen) atoms. The van der Waals surface area contributed by atoms with Crippen molar-refractivity contribution in [2.75, 3.05) is 55.0 Å². The predicted molar refractivity (Wildman–Crippen MR) is 153 cm³/mol. The van der Waals surface area contributed by atoms with Crippen molar-refractivity contribution >= 4 is 28.9 Å². The van der Waals surface area contributed by atoms with Gasteiger partial charge in [0.25, 0.3) is 5.91 Å². The molecule has 2 aromatic rings. The number of ether oxygens (including phenoxy) is 1. The van der Waals surface area contributed by atoms with E-state index in [0.717, 1.165) is 56.1 Å². The van der Waals surface area contributed by atoms with Gasteiger partial charge in [-0.1, -0.05) is 58.6 Å². The fourth-order valence-electron chi connectivity index (χ4n) is 4.66. The number of para-hydroxylation sites is 2. The first-order chi connectivity index (χ1) is 17.9. The molecule has 3 rings (SSSR count). The van der Waals surface area contributed by atoms with Crippen molar-refractivity contribution in [3.05, 3.63) is 48.0 Å². The summed E-state index contributed by atoms with van der Waals surface area (Å²) in [6.07, 6.45) is 6.04. The molecule has 1 saturated heterocycles. The lowest BCUT2D eigenvalue weighted by molar-refractivity contribution is -0.116. The zero-order valence-corrected chi connectivity index (χ0v) is 23.0. The second kappa shape index (κ2) is 14.5. The number of rotatable bonds is 13. The Morgan fingerprint density at radius 2 is 1.59 bits per heavy atom. The van der Waals surface area contributed by atoms with E-state index in [0.29, 0.717) is 30.1 Å². The Balaban J connectivity index is 1.70. The molecule has 0 aliphatic carbocycles. The van der Waals surface area contributed by atoms with Gasteiger partial charge >= 0.3 is 0 Å². The molecule has 1 aliphatic rings. The molecule has 2 N–H and O–H groups in total.